The predicted molar refractivity (Wildman–Crippen MR) is 79.1 cm³/mol. The normalized spacial score (nSPS) is 22.5. The zero-order valence-electron chi connectivity index (χ0n) is 12.7. The third-order valence-electron chi connectivity index (χ3n) is 3.78. The average molecular weight is 296 g/mol. The summed E-state index contributed by atoms with van der Waals surface area (Å²) in [5.74, 6) is -0.864. The monoisotopic (exact) mass is 296 g/mol. The predicted octanol–water partition coefficient (Wildman–Crippen LogP) is 2.95. The van der Waals surface area contributed by atoms with Gasteiger partial charge in [0, 0.05) is 31.1 Å². The van der Waals surface area contributed by atoms with Crippen LogP contribution in [-0.4, -0.2) is 25.0 Å². The molecule has 0 aliphatic carbocycles. The van der Waals surface area contributed by atoms with E-state index in [2.05, 4.69) is 12.2 Å². The number of halogens is 2. The molecule has 1 amide bonds. The van der Waals surface area contributed by atoms with Gasteiger partial charge >= 0.3 is 0 Å². The lowest BCUT2D eigenvalue weighted by Crippen LogP contribution is -2.51. The van der Waals surface area contributed by atoms with E-state index in [1.807, 2.05) is 18.7 Å². The van der Waals surface area contributed by atoms with Crippen molar-refractivity contribution >= 4 is 11.6 Å². The number of amides is 1. The van der Waals surface area contributed by atoms with Crippen molar-refractivity contribution in [3.63, 3.8) is 0 Å². The fraction of sp³-hybridized carbons (Fsp3) is 0.562. The van der Waals surface area contributed by atoms with E-state index in [0.717, 1.165) is 12.5 Å². The second-order valence-electron chi connectivity index (χ2n) is 6.20. The molecule has 5 heteroatoms. The minimum absolute atomic E-state index is 0.00639. The van der Waals surface area contributed by atoms with Crippen LogP contribution in [0.1, 0.15) is 27.2 Å². The Morgan fingerprint density at radius 2 is 2.05 bits per heavy atom. The van der Waals surface area contributed by atoms with Crippen molar-refractivity contribution in [2.45, 2.75) is 33.2 Å². The molecule has 1 saturated heterocycles. The summed E-state index contributed by atoms with van der Waals surface area (Å²) in [7, 11) is 0. The highest BCUT2D eigenvalue weighted by Gasteiger charge is 2.27. The van der Waals surface area contributed by atoms with Gasteiger partial charge in [-0.25, -0.2) is 8.78 Å². The maximum absolute atomic E-state index is 13.9. The third-order valence-corrected chi connectivity index (χ3v) is 3.78. The van der Waals surface area contributed by atoms with Crippen molar-refractivity contribution in [3.8, 4) is 0 Å². The molecule has 2 unspecified atom stereocenters. The number of hydrogen-bond donors (Lipinski definition) is 1. The van der Waals surface area contributed by atoms with Gasteiger partial charge in [0.05, 0.1) is 5.69 Å². The smallest absolute Gasteiger partial charge is 0.222 e. The summed E-state index contributed by atoms with van der Waals surface area (Å²) < 4.78 is 26.9. The average Bonchev–Trinajstić information content (AvgIpc) is 2.37. The SMILES string of the molecule is CC1CC(NC(=O)C(C)C)CN(c2ccc(F)cc2F)C1. The topological polar surface area (TPSA) is 32.3 Å². The lowest BCUT2D eigenvalue weighted by molar-refractivity contribution is -0.124. The van der Waals surface area contributed by atoms with E-state index >= 15 is 0 Å². The summed E-state index contributed by atoms with van der Waals surface area (Å²) in [6.45, 7) is 7.02. The zero-order valence-corrected chi connectivity index (χ0v) is 12.7. The molecule has 1 aliphatic heterocycles. The Labute approximate surface area is 124 Å². The summed E-state index contributed by atoms with van der Waals surface area (Å²) >= 11 is 0. The zero-order chi connectivity index (χ0) is 15.6. The Kier molecular flexibility index (Phi) is 4.80. The molecule has 0 aromatic heterocycles. The molecule has 3 nitrogen and oxygen atoms in total. The van der Waals surface area contributed by atoms with Gasteiger partial charge in [0.2, 0.25) is 5.91 Å². The van der Waals surface area contributed by atoms with Gasteiger partial charge < -0.3 is 10.2 Å². The van der Waals surface area contributed by atoms with E-state index in [9.17, 15) is 13.6 Å². The molecule has 0 spiro atoms. The van der Waals surface area contributed by atoms with Crippen LogP contribution in [0.5, 0.6) is 0 Å². The summed E-state index contributed by atoms with van der Waals surface area (Å²) in [6.07, 6.45) is 0.873. The maximum atomic E-state index is 13.9. The van der Waals surface area contributed by atoms with Gasteiger partial charge in [-0.15, -0.1) is 0 Å². The maximum Gasteiger partial charge on any atom is 0.222 e. The third kappa shape index (κ3) is 3.93. The highest BCUT2D eigenvalue weighted by molar-refractivity contribution is 5.78. The largest absolute Gasteiger partial charge is 0.367 e. The summed E-state index contributed by atoms with van der Waals surface area (Å²) in [6, 6.07) is 3.62. The van der Waals surface area contributed by atoms with E-state index in [-0.39, 0.29) is 17.9 Å². The van der Waals surface area contributed by atoms with Crippen molar-refractivity contribution in [1.82, 2.24) is 5.32 Å². The first kappa shape index (κ1) is 15.7. The van der Waals surface area contributed by atoms with Gasteiger partial charge in [0.15, 0.2) is 0 Å². The van der Waals surface area contributed by atoms with Crippen LogP contribution in [0.2, 0.25) is 0 Å². The molecule has 1 heterocycles. The molecule has 1 aromatic rings. The van der Waals surface area contributed by atoms with Crippen molar-refractivity contribution in [2.75, 3.05) is 18.0 Å². The molecular weight excluding hydrogens is 274 g/mol. The number of carbonyl (C=O) groups is 1. The van der Waals surface area contributed by atoms with E-state index in [1.54, 1.807) is 0 Å². The standard InChI is InChI=1S/C16H22F2N2O/c1-10(2)16(21)19-13-6-11(3)8-20(9-13)15-5-4-12(17)7-14(15)18/h4-5,7,10-11,13H,6,8-9H2,1-3H3,(H,19,21). The first-order valence-electron chi connectivity index (χ1n) is 7.37. The van der Waals surface area contributed by atoms with Crippen LogP contribution in [0.15, 0.2) is 18.2 Å². The minimum Gasteiger partial charge on any atom is -0.367 e. The quantitative estimate of drug-likeness (QED) is 0.930. The minimum atomic E-state index is -0.578. The number of anilines is 1. The first-order valence-corrected chi connectivity index (χ1v) is 7.37. The Bertz CT molecular complexity index is 519. The first-order chi connectivity index (χ1) is 9.86. The number of piperidine rings is 1. The second kappa shape index (κ2) is 6.41. The summed E-state index contributed by atoms with van der Waals surface area (Å²) in [5.41, 5.74) is 0.395. The van der Waals surface area contributed by atoms with Gasteiger partial charge in [-0.3, -0.25) is 4.79 Å². The number of nitrogens with zero attached hydrogens (tertiary/aromatic N) is 1. The molecule has 21 heavy (non-hydrogen) atoms. The molecule has 1 aliphatic rings. The molecule has 1 aromatic carbocycles. The van der Waals surface area contributed by atoms with Crippen LogP contribution in [-0.2, 0) is 4.79 Å². The molecule has 0 saturated carbocycles. The summed E-state index contributed by atoms with van der Waals surface area (Å²) in [5, 5.41) is 3.00. The van der Waals surface area contributed by atoms with E-state index in [4.69, 9.17) is 0 Å². The molecular formula is C16H22F2N2O. The van der Waals surface area contributed by atoms with Gasteiger partial charge in [-0.1, -0.05) is 20.8 Å². The van der Waals surface area contributed by atoms with Gasteiger partial charge in [0.25, 0.3) is 0 Å². The molecule has 0 bridgehead atoms. The summed E-state index contributed by atoms with van der Waals surface area (Å²) in [4.78, 5) is 13.7. The molecule has 116 valence electrons. The van der Waals surface area contributed by atoms with Crippen molar-refractivity contribution in [1.29, 1.82) is 0 Å². The van der Waals surface area contributed by atoms with Crippen LogP contribution in [0.3, 0.4) is 0 Å². The fourth-order valence-electron chi connectivity index (χ4n) is 2.76. The Balaban J connectivity index is 2.11. The Morgan fingerprint density at radius 3 is 2.67 bits per heavy atom. The fourth-order valence-corrected chi connectivity index (χ4v) is 2.76. The number of hydrogen-bond acceptors (Lipinski definition) is 2. The highest BCUT2D eigenvalue weighted by atomic mass is 19.1. The molecule has 0 radical (unpaired) electrons. The van der Waals surface area contributed by atoms with Gasteiger partial charge in [-0.2, -0.15) is 0 Å². The van der Waals surface area contributed by atoms with E-state index in [1.165, 1.54) is 12.1 Å². The highest BCUT2D eigenvalue weighted by Crippen LogP contribution is 2.26. The van der Waals surface area contributed by atoms with Crippen molar-refractivity contribution in [2.24, 2.45) is 11.8 Å². The number of rotatable bonds is 3. The lowest BCUT2D eigenvalue weighted by atomic mass is 9.95. The number of benzene rings is 1. The number of carbonyl (C=O) groups excluding carboxylic acids is 1. The van der Waals surface area contributed by atoms with Crippen LogP contribution in [0, 0.1) is 23.5 Å². The number of nitrogens with one attached hydrogen (secondary N) is 1. The Hall–Kier alpha value is -1.65. The molecule has 1 fully saturated rings. The van der Waals surface area contributed by atoms with Crippen LogP contribution in [0.4, 0.5) is 14.5 Å². The second-order valence-corrected chi connectivity index (χ2v) is 6.20. The lowest BCUT2D eigenvalue weighted by Gasteiger charge is -2.38. The molecule has 1 N–H and O–H groups in total. The molecule has 2 atom stereocenters. The van der Waals surface area contributed by atoms with Crippen LogP contribution in [0.25, 0.3) is 0 Å². The van der Waals surface area contributed by atoms with Crippen molar-refractivity contribution in [3.05, 3.63) is 29.8 Å². The van der Waals surface area contributed by atoms with Gasteiger partial charge in [-0.05, 0) is 24.5 Å². The van der Waals surface area contributed by atoms with Crippen molar-refractivity contribution < 1.29 is 13.6 Å². The van der Waals surface area contributed by atoms with E-state index < -0.39 is 11.6 Å². The molecule has 2 rings (SSSR count). The van der Waals surface area contributed by atoms with Gasteiger partial charge in [0.1, 0.15) is 11.6 Å². The van der Waals surface area contributed by atoms with Crippen LogP contribution >= 0.6 is 0 Å². The van der Waals surface area contributed by atoms with Crippen LogP contribution < -0.4 is 10.2 Å². The van der Waals surface area contributed by atoms with E-state index in [0.29, 0.717) is 24.7 Å². The Morgan fingerprint density at radius 1 is 1.33 bits per heavy atom.